The number of fused-ring (bicyclic) bond motifs is 1. The lowest BCUT2D eigenvalue weighted by molar-refractivity contribution is -0.0872. The lowest BCUT2D eigenvalue weighted by atomic mass is 9.62. The zero-order chi connectivity index (χ0) is 14.3. The molecule has 1 spiro atoms. The quantitative estimate of drug-likeness (QED) is 0.863. The van der Waals surface area contributed by atoms with Gasteiger partial charge in [0.2, 0.25) is 0 Å². The highest BCUT2D eigenvalue weighted by Crippen LogP contribution is 2.53. The third kappa shape index (κ3) is 2.50. The van der Waals surface area contributed by atoms with Crippen molar-refractivity contribution in [3.05, 3.63) is 28.2 Å². The van der Waals surface area contributed by atoms with E-state index in [9.17, 15) is 0 Å². The van der Waals surface area contributed by atoms with E-state index in [-0.39, 0.29) is 5.60 Å². The summed E-state index contributed by atoms with van der Waals surface area (Å²) in [6.45, 7) is 7.83. The van der Waals surface area contributed by atoms with Crippen molar-refractivity contribution in [2.45, 2.75) is 51.7 Å². The molecule has 0 radical (unpaired) electrons. The van der Waals surface area contributed by atoms with E-state index in [1.165, 1.54) is 18.4 Å². The van der Waals surface area contributed by atoms with Crippen LogP contribution in [0.15, 0.2) is 22.7 Å². The molecule has 0 aromatic heterocycles. The van der Waals surface area contributed by atoms with E-state index in [4.69, 9.17) is 4.74 Å². The Morgan fingerprint density at radius 1 is 1.35 bits per heavy atom. The predicted octanol–water partition coefficient (Wildman–Crippen LogP) is 4.69. The van der Waals surface area contributed by atoms with Gasteiger partial charge in [0.25, 0.3) is 0 Å². The molecule has 1 heterocycles. The molecule has 1 atom stereocenters. The van der Waals surface area contributed by atoms with E-state index < -0.39 is 0 Å². The van der Waals surface area contributed by atoms with E-state index in [0.29, 0.717) is 6.04 Å². The van der Waals surface area contributed by atoms with Crippen molar-refractivity contribution < 1.29 is 4.74 Å². The Labute approximate surface area is 130 Å². The SMILES string of the molecule is CCNC1CC2(CC(C(C)C)C2)Oc2cc(Br)ccc21. The molecule has 0 bridgehead atoms. The van der Waals surface area contributed by atoms with Crippen molar-refractivity contribution in [2.24, 2.45) is 11.8 Å². The minimum absolute atomic E-state index is 0.0789. The Kier molecular flexibility index (Phi) is 3.85. The number of rotatable bonds is 3. The molecule has 1 N–H and O–H groups in total. The number of halogens is 1. The first-order chi connectivity index (χ1) is 9.53. The molecule has 110 valence electrons. The normalized spacial score (nSPS) is 31.9. The van der Waals surface area contributed by atoms with Crippen LogP contribution in [-0.2, 0) is 0 Å². The fraction of sp³-hybridized carbons (Fsp3) is 0.647. The van der Waals surface area contributed by atoms with Crippen LogP contribution in [0.4, 0.5) is 0 Å². The maximum absolute atomic E-state index is 6.42. The van der Waals surface area contributed by atoms with Crippen molar-refractivity contribution in [1.82, 2.24) is 5.32 Å². The second kappa shape index (κ2) is 5.34. The third-order valence-electron chi connectivity index (χ3n) is 4.92. The van der Waals surface area contributed by atoms with Gasteiger partial charge in [-0.2, -0.15) is 0 Å². The first kappa shape index (κ1) is 14.4. The first-order valence-electron chi connectivity index (χ1n) is 7.75. The summed E-state index contributed by atoms with van der Waals surface area (Å²) in [7, 11) is 0. The average Bonchev–Trinajstić information content (AvgIpc) is 2.35. The fourth-order valence-corrected chi connectivity index (χ4v) is 4.03. The zero-order valence-electron chi connectivity index (χ0n) is 12.6. The van der Waals surface area contributed by atoms with Gasteiger partial charge in [0.1, 0.15) is 11.4 Å². The van der Waals surface area contributed by atoms with Gasteiger partial charge in [0, 0.05) is 22.5 Å². The summed E-state index contributed by atoms with van der Waals surface area (Å²) in [5.74, 6) is 2.66. The zero-order valence-corrected chi connectivity index (χ0v) is 14.2. The molecule has 1 aliphatic heterocycles. The second-order valence-corrected chi connectivity index (χ2v) is 7.61. The van der Waals surface area contributed by atoms with Gasteiger partial charge in [0.05, 0.1) is 0 Å². The van der Waals surface area contributed by atoms with Crippen molar-refractivity contribution in [3.8, 4) is 5.75 Å². The Balaban J connectivity index is 1.85. The summed E-state index contributed by atoms with van der Waals surface area (Å²) in [6, 6.07) is 6.87. The molecule has 1 aromatic rings. The Morgan fingerprint density at radius 2 is 2.10 bits per heavy atom. The lowest BCUT2D eigenvalue weighted by Crippen LogP contribution is -2.54. The van der Waals surface area contributed by atoms with Crippen molar-refractivity contribution in [3.63, 3.8) is 0 Å². The standard InChI is InChI=1S/C17H24BrNO/c1-4-19-15-10-17(8-12(9-17)11(2)3)20-16-7-13(18)5-6-14(15)16/h5-7,11-12,15,19H,4,8-10H2,1-3H3. The van der Waals surface area contributed by atoms with Crippen LogP contribution in [0.2, 0.25) is 0 Å². The van der Waals surface area contributed by atoms with Gasteiger partial charge in [-0.25, -0.2) is 0 Å². The molecule has 0 amide bonds. The van der Waals surface area contributed by atoms with Crippen molar-refractivity contribution in [2.75, 3.05) is 6.54 Å². The van der Waals surface area contributed by atoms with Crippen molar-refractivity contribution in [1.29, 1.82) is 0 Å². The topological polar surface area (TPSA) is 21.3 Å². The largest absolute Gasteiger partial charge is 0.487 e. The van der Waals surface area contributed by atoms with Crippen LogP contribution >= 0.6 is 15.9 Å². The van der Waals surface area contributed by atoms with Gasteiger partial charge >= 0.3 is 0 Å². The van der Waals surface area contributed by atoms with Crippen LogP contribution in [0.25, 0.3) is 0 Å². The van der Waals surface area contributed by atoms with E-state index >= 15 is 0 Å². The van der Waals surface area contributed by atoms with Gasteiger partial charge < -0.3 is 10.1 Å². The monoisotopic (exact) mass is 337 g/mol. The fourth-order valence-electron chi connectivity index (χ4n) is 3.69. The molecule has 1 saturated carbocycles. The molecule has 20 heavy (non-hydrogen) atoms. The van der Waals surface area contributed by atoms with Gasteiger partial charge in [-0.05, 0) is 43.4 Å². The molecule has 2 aliphatic rings. The first-order valence-corrected chi connectivity index (χ1v) is 8.54. The minimum Gasteiger partial charge on any atom is -0.487 e. The van der Waals surface area contributed by atoms with Gasteiger partial charge in [-0.15, -0.1) is 0 Å². The van der Waals surface area contributed by atoms with E-state index in [1.54, 1.807) is 0 Å². The number of benzene rings is 1. The highest BCUT2D eigenvalue weighted by atomic mass is 79.9. The summed E-state index contributed by atoms with van der Waals surface area (Å²) in [5, 5.41) is 3.63. The molecular formula is C17H24BrNO. The number of hydrogen-bond donors (Lipinski definition) is 1. The minimum atomic E-state index is 0.0789. The highest BCUT2D eigenvalue weighted by Gasteiger charge is 2.51. The molecular weight excluding hydrogens is 314 g/mol. The maximum atomic E-state index is 6.42. The second-order valence-electron chi connectivity index (χ2n) is 6.69. The van der Waals surface area contributed by atoms with E-state index in [1.807, 2.05) is 0 Å². The summed E-state index contributed by atoms with van der Waals surface area (Å²) < 4.78 is 7.52. The summed E-state index contributed by atoms with van der Waals surface area (Å²) in [6.07, 6.45) is 3.52. The van der Waals surface area contributed by atoms with Crippen LogP contribution in [-0.4, -0.2) is 12.1 Å². The Morgan fingerprint density at radius 3 is 2.75 bits per heavy atom. The van der Waals surface area contributed by atoms with Crippen molar-refractivity contribution >= 4 is 15.9 Å². The molecule has 1 aromatic carbocycles. The molecule has 1 aliphatic carbocycles. The van der Waals surface area contributed by atoms with E-state index in [0.717, 1.165) is 35.0 Å². The maximum Gasteiger partial charge on any atom is 0.126 e. The molecule has 1 unspecified atom stereocenters. The molecule has 3 heteroatoms. The number of hydrogen-bond acceptors (Lipinski definition) is 2. The van der Waals surface area contributed by atoms with E-state index in [2.05, 4.69) is 60.2 Å². The average molecular weight is 338 g/mol. The molecule has 0 saturated heterocycles. The predicted molar refractivity (Wildman–Crippen MR) is 86.1 cm³/mol. The Bertz CT molecular complexity index is 494. The summed E-state index contributed by atoms with van der Waals surface area (Å²) >= 11 is 3.56. The number of nitrogens with one attached hydrogen (secondary N) is 1. The smallest absolute Gasteiger partial charge is 0.126 e. The van der Waals surface area contributed by atoms with Crippen LogP contribution in [0.1, 0.15) is 51.6 Å². The van der Waals surface area contributed by atoms with Gasteiger partial charge in [0.15, 0.2) is 0 Å². The highest BCUT2D eigenvalue weighted by molar-refractivity contribution is 9.10. The molecule has 3 rings (SSSR count). The summed E-state index contributed by atoms with van der Waals surface area (Å²) in [4.78, 5) is 0. The van der Waals surface area contributed by atoms with Crippen LogP contribution in [0.3, 0.4) is 0 Å². The molecule has 1 fully saturated rings. The lowest BCUT2D eigenvalue weighted by Gasteiger charge is -2.53. The summed E-state index contributed by atoms with van der Waals surface area (Å²) in [5.41, 5.74) is 1.39. The molecule has 2 nitrogen and oxygen atoms in total. The number of ether oxygens (including phenoxy) is 1. The van der Waals surface area contributed by atoms with Gasteiger partial charge in [-0.1, -0.05) is 42.8 Å². The third-order valence-corrected chi connectivity index (χ3v) is 5.41. The van der Waals surface area contributed by atoms with Crippen LogP contribution < -0.4 is 10.1 Å². The van der Waals surface area contributed by atoms with Gasteiger partial charge in [-0.3, -0.25) is 0 Å². The van der Waals surface area contributed by atoms with Crippen LogP contribution in [0.5, 0.6) is 5.75 Å². The van der Waals surface area contributed by atoms with Crippen LogP contribution in [0, 0.1) is 11.8 Å². The Hall–Kier alpha value is -0.540.